The fourth-order valence-corrected chi connectivity index (χ4v) is 2.18. The van der Waals surface area contributed by atoms with Crippen LogP contribution >= 0.6 is 0 Å². The lowest BCUT2D eigenvalue weighted by molar-refractivity contribution is -0.139. The molecule has 1 aromatic carbocycles. The molecule has 4 nitrogen and oxygen atoms in total. The predicted octanol–water partition coefficient (Wildman–Crippen LogP) is 0.806. The topological polar surface area (TPSA) is 60.4 Å². The third kappa shape index (κ3) is 3.06. The molecule has 0 N–H and O–H groups in total. The average molecular weight is 228 g/mol. The van der Waals surface area contributed by atoms with Crippen molar-refractivity contribution in [3.8, 4) is 0 Å². The molecule has 82 valence electrons. The summed E-state index contributed by atoms with van der Waals surface area (Å²) in [6, 6.07) is 6.39. The second-order valence-electron chi connectivity index (χ2n) is 3.13. The predicted molar refractivity (Wildman–Crippen MR) is 55.3 cm³/mol. The maximum absolute atomic E-state index is 11.4. The lowest BCUT2D eigenvalue weighted by Gasteiger charge is -2.05. The summed E-state index contributed by atoms with van der Waals surface area (Å²) in [7, 11) is -2.03. The molecule has 0 saturated heterocycles. The molecule has 0 radical (unpaired) electrons. The monoisotopic (exact) mass is 228 g/mol. The fraction of sp³-hybridized carbons (Fsp3) is 0.300. The molecular weight excluding hydrogens is 216 g/mol. The third-order valence-corrected chi connectivity index (χ3v) is 3.13. The van der Waals surface area contributed by atoms with E-state index in [9.17, 15) is 13.2 Å². The molecule has 0 fully saturated rings. The number of ether oxygens (including phenoxy) is 1. The molecule has 0 saturated carbocycles. The van der Waals surface area contributed by atoms with E-state index in [4.69, 9.17) is 0 Å². The zero-order chi connectivity index (χ0) is 11.5. The number of esters is 1. The molecule has 0 atom stereocenters. The highest BCUT2D eigenvalue weighted by Crippen LogP contribution is 2.15. The van der Waals surface area contributed by atoms with E-state index >= 15 is 0 Å². The maximum atomic E-state index is 11.4. The molecule has 0 aliphatic rings. The van der Waals surface area contributed by atoms with E-state index in [-0.39, 0.29) is 11.3 Å². The first-order valence-electron chi connectivity index (χ1n) is 4.30. The van der Waals surface area contributed by atoms with Crippen LogP contribution in [0, 0.1) is 0 Å². The lowest BCUT2D eigenvalue weighted by atomic mass is 10.1. The Balaban J connectivity index is 3.13. The Morgan fingerprint density at radius 3 is 2.47 bits per heavy atom. The quantitative estimate of drug-likeness (QED) is 0.718. The smallest absolute Gasteiger partial charge is 0.310 e. The molecule has 5 heteroatoms. The highest BCUT2D eigenvalue weighted by Gasteiger charge is 2.14. The summed E-state index contributed by atoms with van der Waals surface area (Å²) < 4.78 is 27.2. The normalized spacial score (nSPS) is 11.1. The first kappa shape index (κ1) is 11.7. The van der Waals surface area contributed by atoms with E-state index in [0.29, 0.717) is 5.56 Å². The highest BCUT2D eigenvalue weighted by atomic mass is 32.2. The standard InChI is InChI=1S/C10H12O4S/c1-14-10(11)7-8-5-3-4-6-9(8)15(2,12)13/h3-6H,7H2,1-2H3. The van der Waals surface area contributed by atoms with Gasteiger partial charge in [0.25, 0.3) is 0 Å². The van der Waals surface area contributed by atoms with E-state index in [1.54, 1.807) is 18.2 Å². The summed E-state index contributed by atoms with van der Waals surface area (Å²) in [5.74, 6) is -0.453. The van der Waals surface area contributed by atoms with Crippen LogP contribution in [0.4, 0.5) is 0 Å². The first-order valence-corrected chi connectivity index (χ1v) is 6.19. The van der Waals surface area contributed by atoms with Gasteiger partial charge in [-0.3, -0.25) is 4.79 Å². The van der Waals surface area contributed by atoms with Crippen molar-refractivity contribution < 1.29 is 17.9 Å². The minimum absolute atomic E-state index is 0.0280. The summed E-state index contributed by atoms with van der Waals surface area (Å²) in [5.41, 5.74) is 0.465. The first-order chi connectivity index (χ1) is 6.95. The molecule has 0 bridgehead atoms. The molecule has 0 aliphatic carbocycles. The Hall–Kier alpha value is -1.36. The van der Waals surface area contributed by atoms with Gasteiger partial charge in [0.2, 0.25) is 0 Å². The number of sulfone groups is 1. The average Bonchev–Trinajstić information content (AvgIpc) is 2.17. The van der Waals surface area contributed by atoms with E-state index < -0.39 is 15.8 Å². The maximum Gasteiger partial charge on any atom is 0.310 e. The van der Waals surface area contributed by atoms with Crippen LogP contribution < -0.4 is 0 Å². The van der Waals surface area contributed by atoms with Gasteiger partial charge in [0.15, 0.2) is 9.84 Å². The molecule has 0 unspecified atom stereocenters. The fourth-order valence-electron chi connectivity index (χ4n) is 1.24. The summed E-state index contributed by atoms with van der Waals surface area (Å²) in [5, 5.41) is 0. The van der Waals surface area contributed by atoms with Crippen molar-refractivity contribution in [3.05, 3.63) is 29.8 Å². The van der Waals surface area contributed by atoms with Crippen molar-refractivity contribution >= 4 is 15.8 Å². The molecule has 1 rings (SSSR count). The van der Waals surface area contributed by atoms with E-state index in [1.165, 1.54) is 13.2 Å². The largest absolute Gasteiger partial charge is 0.469 e. The number of hydrogen-bond acceptors (Lipinski definition) is 4. The van der Waals surface area contributed by atoms with E-state index in [1.807, 2.05) is 0 Å². The van der Waals surface area contributed by atoms with Crippen molar-refractivity contribution in [3.63, 3.8) is 0 Å². The summed E-state index contributed by atoms with van der Waals surface area (Å²) in [4.78, 5) is 11.2. The number of rotatable bonds is 3. The van der Waals surface area contributed by atoms with Crippen molar-refractivity contribution in [2.24, 2.45) is 0 Å². The Morgan fingerprint density at radius 1 is 1.33 bits per heavy atom. The van der Waals surface area contributed by atoms with Crippen LogP contribution in [-0.2, 0) is 25.8 Å². The van der Waals surface area contributed by atoms with Gasteiger partial charge in [0.05, 0.1) is 18.4 Å². The molecule has 0 spiro atoms. The minimum atomic E-state index is -3.30. The number of carbonyl (C=O) groups excluding carboxylic acids is 1. The van der Waals surface area contributed by atoms with Gasteiger partial charge in [-0.1, -0.05) is 18.2 Å². The van der Waals surface area contributed by atoms with Crippen molar-refractivity contribution in [2.45, 2.75) is 11.3 Å². The van der Waals surface area contributed by atoms with Crippen LogP contribution in [0.15, 0.2) is 29.2 Å². The SMILES string of the molecule is COC(=O)Cc1ccccc1S(C)(=O)=O. The Morgan fingerprint density at radius 2 is 1.93 bits per heavy atom. The summed E-state index contributed by atoms with van der Waals surface area (Å²) in [6.07, 6.45) is 1.09. The second kappa shape index (κ2) is 4.44. The van der Waals surface area contributed by atoms with Gasteiger partial charge < -0.3 is 4.74 Å². The van der Waals surface area contributed by atoms with Crippen molar-refractivity contribution in [1.82, 2.24) is 0 Å². The minimum Gasteiger partial charge on any atom is -0.469 e. The van der Waals surface area contributed by atoms with Gasteiger partial charge in [0.1, 0.15) is 0 Å². The number of benzene rings is 1. The van der Waals surface area contributed by atoms with Crippen LogP contribution in [0.3, 0.4) is 0 Å². The van der Waals surface area contributed by atoms with E-state index in [2.05, 4.69) is 4.74 Å². The van der Waals surface area contributed by atoms with Crippen molar-refractivity contribution in [2.75, 3.05) is 13.4 Å². The zero-order valence-electron chi connectivity index (χ0n) is 8.56. The molecule has 0 heterocycles. The molecule has 0 aliphatic heterocycles. The van der Waals surface area contributed by atoms with Gasteiger partial charge in [-0.2, -0.15) is 0 Å². The van der Waals surface area contributed by atoms with Crippen LogP contribution in [0.2, 0.25) is 0 Å². The number of hydrogen-bond donors (Lipinski definition) is 0. The number of carbonyl (C=O) groups is 1. The van der Waals surface area contributed by atoms with Crippen LogP contribution in [0.5, 0.6) is 0 Å². The zero-order valence-corrected chi connectivity index (χ0v) is 9.37. The van der Waals surface area contributed by atoms with E-state index in [0.717, 1.165) is 6.26 Å². The van der Waals surface area contributed by atoms with Gasteiger partial charge in [0, 0.05) is 6.26 Å². The van der Waals surface area contributed by atoms with Gasteiger partial charge in [-0.15, -0.1) is 0 Å². The molecule has 15 heavy (non-hydrogen) atoms. The summed E-state index contributed by atoms with van der Waals surface area (Å²) in [6.45, 7) is 0. The third-order valence-electron chi connectivity index (χ3n) is 1.93. The van der Waals surface area contributed by atoms with Crippen LogP contribution in [-0.4, -0.2) is 27.8 Å². The molecule has 0 amide bonds. The van der Waals surface area contributed by atoms with Gasteiger partial charge >= 0.3 is 5.97 Å². The lowest BCUT2D eigenvalue weighted by Crippen LogP contribution is -2.09. The molecule has 0 aromatic heterocycles. The second-order valence-corrected chi connectivity index (χ2v) is 5.12. The number of methoxy groups -OCH3 is 1. The Kier molecular flexibility index (Phi) is 3.47. The van der Waals surface area contributed by atoms with Crippen LogP contribution in [0.25, 0.3) is 0 Å². The van der Waals surface area contributed by atoms with Gasteiger partial charge in [-0.05, 0) is 11.6 Å². The molecule has 1 aromatic rings. The van der Waals surface area contributed by atoms with Crippen LogP contribution in [0.1, 0.15) is 5.56 Å². The highest BCUT2D eigenvalue weighted by molar-refractivity contribution is 7.90. The van der Waals surface area contributed by atoms with Gasteiger partial charge in [-0.25, -0.2) is 8.42 Å². The summed E-state index contributed by atoms with van der Waals surface area (Å²) >= 11 is 0. The Labute approximate surface area is 88.8 Å². The Bertz CT molecular complexity index is 462. The molecular formula is C10H12O4S. The van der Waals surface area contributed by atoms with Crippen molar-refractivity contribution in [1.29, 1.82) is 0 Å².